The topological polar surface area (TPSA) is 37.8 Å². The van der Waals surface area contributed by atoms with Gasteiger partial charge in [-0.15, -0.1) is 0 Å². The summed E-state index contributed by atoms with van der Waals surface area (Å²) in [6, 6.07) is 8.94. The number of hydrogen-bond donors (Lipinski definition) is 1. The maximum absolute atomic E-state index is 12.5. The predicted molar refractivity (Wildman–Crippen MR) is 59.6 cm³/mol. The molecule has 1 aromatic carbocycles. The van der Waals surface area contributed by atoms with Crippen molar-refractivity contribution in [3.8, 4) is 0 Å². The van der Waals surface area contributed by atoms with E-state index in [9.17, 15) is 8.78 Å². The van der Waals surface area contributed by atoms with Crippen LogP contribution in [-0.4, -0.2) is 9.97 Å². The highest BCUT2D eigenvalue weighted by atomic mass is 19.3. The molecule has 0 aliphatic rings. The van der Waals surface area contributed by atoms with Crippen molar-refractivity contribution in [3.63, 3.8) is 0 Å². The van der Waals surface area contributed by atoms with Gasteiger partial charge in [-0.25, -0.2) is 18.7 Å². The molecule has 1 heterocycles. The third kappa shape index (κ3) is 3.21. The van der Waals surface area contributed by atoms with Gasteiger partial charge in [0.25, 0.3) is 6.43 Å². The van der Waals surface area contributed by atoms with Gasteiger partial charge in [-0.3, -0.25) is 0 Å². The molecule has 1 N–H and O–H groups in total. The molecule has 87 valence electrons. The van der Waals surface area contributed by atoms with Gasteiger partial charge in [0, 0.05) is 30.6 Å². The second-order valence-electron chi connectivity index (χ2n) is 3.41. The van der Waals surface area contributed by atoms with Crippen LogP contribution in [0.3, 0.4) is 0 Å². The predicted octanol–water partition coefficient (Wildman–Crippen LogP) is 2.83. The molecule has 0 unspecified atom stereocenters. The van der Waals surface area contributed by atoms with Crippen LogP contribution in [0.25, 0.3) is 0 Å². The Labute approximate surface area is 97.5 Å². The Morgan fingerprint density at radius 2 is 2.00 bits per heavy atom. The molecule has 0 spiro atoms. The van der Waals surface area contributed by atoms with Crippen LogP contribution < -0.4 is 5.32 Å². The van der Waals surface area contributed by atoms with Crippen molar-refractivity contribution >= 4 is 5.95 Å². The van der Waals surface area contributed by atoms with Crippen LogP contribution in [0.5, 0.6) is 0 Å². The Bertz CT molecular complexity index is 474. The van der Waals surface area contributed by atoms with Gasteiger partial charge in [0.05, 0.1) is 0 Å². The molecule has 0 saturated carbocycles. The molecule has 1 aromatic heterocycles. The number of nitrogens with zero attached hydrogens (tertiary/aromatic N) is 2. The van der Waals surface area contributed by atoms with Crippen LogP contribution >= 0.6 is 0 Å². The van der Waals surface area contributed by atoms with Gasteiger partial charge >= 0.3 is 0 Å². The molecule has 5 heteroatoms. The van der Waals surface area contributed by atoms with Gasteiger partial charge in [-0.05, 0) is 11.6 Å². The Hall–Kier alpha value is -2.04. The van der Waals surface area contributed by atoms with Crippen LogP contribution in [0.2, 0.25) is 0 Å². The third-order valence-electron chi connectivity index (χ3n) is 2.18. The van der Waals surface area contributed by atoms with Gasteiger partial charge in [-0.2, -0.15) is 0 Å². The summed E-state index contributed by atoms with van der Waals surface area (Å²) in [6.07, 6.45) is 0.535. The van der Waals surface area contributed by atoms with Crippen LogP contribution in [0.1, 0.15) is 17.6 Å². The van der Waals surface area contributed by atoms with E-state index in [1.807, 2.05) is 0 Å². The first-order chi connectivity index (χ1) is 8.25. The van der Waals surface area contributed by atoms with E-state index in [-0.39, 0.29) is 5.56 Å². The van der Waals surface area contributed by atoms with Crippen LogP contribution in [0.15, 0.2) is 36.7 Å². The highest BCUT2D eigenvalue weighted by molar-refractivity contribution is 5.29. The number of alkyl halides is 2. The zero-order valence-electron chi connectivity index (χ0n) is 8.90. The molecular formula is C12H10F2N3. The third-order valence-corrected chi connectivity index (χ3v) is 2.18. The smallest absolute Gasteiger partial charge is 0.263 e. The first-order valence-electron chi connectivity index (χ1n) is 5.04. The fraction of sp³-hybridized carbons (Fsp3) is 0.167. The van der Waals surface area contributed by atoms with Crippen LogP contribution in [-0.2, 0) is 6.54 Å². The van der Waals surface area contributed by atoms with E-state index < -0.39 is 6.43 Å². The first kappa shape index (κ1) is 11.4. The fourth-order valence-electron chi connectivity index (χ4n) is 1.37. The normalized spacial score (nSPS) is 10.5. The first-order valence-corrected chi connectivity index (χ1v) is 5.04. The molecule has 2 rings (SSSR count). The zero-order chi connectivity index (χ0) is 12.1. The summed E-state index contributed by atoms with van der Waals surface area (Å²) in [5.41, 5.74) is 0.783. The number of hydrogen-bond acceptors (Lipinski definition) is 3. The summed E-state index contributed by atoms with van der Waals surface area (Å²) < 4.78 is 24.9. The van der Waals surface area contributed by atoms with Gasteiger partial charge < -0.3 is 5.32 Å². The molecule has 0 aliphatic carbocycles. The molecule has 0 amide bonds. The lowest BCUT2D eigenvalue weighted by atomic mass is 10.1. The van der Waals surface area contributed by atoms with Gasteiger partial charge in [0.2, 0.25) is 5.95 Å². The maximum atomic E-state index is 12.5. The highest BCUT2D eigenvalue weighted by Gasteiger charge is 2.06. The molecule has 0 fully saturated rings. The number of anilines is 1. The highest BCUT2D eigenvalue weighted by Crippen LogP contribution is 2.19. The van der Waals surface area contributed by atoms with Crippen molar-refractivity contribution in [2.24, 2.45) is 0 Å². The van der Waals surface area contributed by atoms with Gasteiger partial charge in [0.15, 0.2) is 0 Å². The molecule has 3 nitrogen and oxygen atoms in total. The molecule has 1 radical (unpaired) electrons. The van der Waals surface area contributed by atoms with Crippen molar-refractivity contribution in [2.45, 2.75) is 13.0 Å². The molecule has 0 aliphatic heterocycles. The van der Waals surface area contributed by atoms with E-state index in [0.29, 0.717) is 12.5 Å². The molecule has 0 atom stereocenters. The minimum atomic E-state index is -2.45. The number of halogens is 2. The van der Waals surface area contributed by atoms with E-state index in [0.717, 1.165) is 5.56 Å². The maximum Gasteiger partial charge on any atom is 0.263 e. The summed E-state index contributed by atoms with van der Waals surface area (Å²) in [5.74, 6) is 0.450. The van der Waals surface area contributed by atoms with Gasteiger partial charge in [0.1, 0.15) is 0 Å². The Morgan fingerprint density at radius 1 is 1.24 bits per heavy atom. The van der Waals surface area contributed by atoms with Crippen molar-refractivity contribution in [2.75, 3.05) is 5.32 Å². The van der Waals surface area contributed by atoms with Gasteiger partial charge in [-0.1, -0.05) is 18.2 Å². The van der Waals surface area contributed by atoms with Crippen LogP contribution in [0.4, 0.5) is 14.7 Å². The lowest BCUT2D eigenvalue weighted by Gasteiger charge is -2.06. The summed E-state index contributed by atoms with van der Waals surface area (Å²) >= 11 is 0. The van der Waals surface area contributed by atoms with E-state index in [1.54, 1.807) is 12.1 Å². The molecule has 0 bridgehead atoms. The second-order valence-corrected chi connectivity index (χ2v) is 3.41. The number of nitrogens with one attached hydrogen (secondary N) is 1. The summed E-state index contributed by atoms with van der Waals surface area (Å²) in [7, 11) is 0. The number of rotatable bonds is 4. The van der Waals surface area contributed by atoms with E-state index >= 15 is 0 Å². The fourth-order valence-corrected chi connectivity index (χ4v) is 1.37. The summed E-state index contributed by atoms with van der Waals surface area (Å²) in [5, 5.41) is 2.94. The molecular weight excluding hydrogens is 224 g/mol. The summed E-state index contributed by atoms with van der Waals surface area (Å²) in [6.45, 7) is 0.407. The van der Waals surface area contributed by atoms with Crippen molar-refractivity contribution in [3.05, 3.63) is 53.9 Å². The average Bonchev–Trinajstić information content (AvgIpc) is 2.38. The lowest BCUT2D eigenvalue weighted by molar-refractivity contribution is 0.151. The average molecular weight is 234 g/mol. The largest absolute Gasteiger partial charge is 0.350 e. The molecule has 0 saturated heterocycles. The van der Waals surface area contributed by atoms with E-state index in [4.69, 9.17) is 0 Å². The van der Waals surface area contributed by atoms with Crippen molar-refractivity contribution < 1.29 is 8.78 Å². The standard InChI is InChI=1S/C12H10F2N3/c13-11(14)10-4-1-3-9(7-10)8-17-12-15-5-2-6-16-12/h1,3-7,11H,8H2,(H,15,16,17). The van der Waals surface area contributed by atoms with E-state index in [2.05, 4.69) is 21.4 Å². The minimum absolute atomic E-state index is 0.0200. The minimum Gasteiger partial charge on any atom is -0.350 e. The Balaban J connectivity index is 2.02. The SMILES string of the molecule is FC(F)c1cccc(CNc2nc[c]cn2)c1. The quantitative estimate of drug-likeness (QED) is 0.883. The monoisotopic (exact) mass is 234 g/mol. The lowest BCUT2D eigenvalue weighted by Crippen LogP contribution is -2.03. The Kier molecular flexibility index (Phi) is 3.59. The second kappa shape index (κ2) is 5.34. The van der Waals surface area contributed by atoms with Crippen molar-refractivity contribution in [1.29, 1.82) is 0 Å². The van der Waals surface area contributed by atoms with E-state index in [1.165, 1.54) is 24.5 Å². The van der Waals surface area contributed by atoms with Crippen LogP contribution in [0, 0.1) is 6.07 Å². The summed E-state index contributed by atoms with van der Waals surface area (Å²) in [4.78, 5) is 7.85. The number of aromatic nitrogens is 2. The molecule has 2 aromatic rings. The zero-order valence-corrected chi connectivity index (χ0v) is 8.90. The molecule has 17 heavy (non-hydrogen) atoms. The van der Waals surface area contributed by atoms with Crippen molar-refractivity contribution in [1.82, 2.24) is 9.97 Å². The number of benzene rings is 1. The Morgan fingerprint density at radius 3 is 2.71 bits per heavy atom.